The molecule has 0 unspecified atom stereocenters. The number of carbonyl (C=O) groups excluding carboxylic acids is 1. The van der Waals surface area contributed by atoms with Gasteiger partial charge in [-0.3, -0.25) is 4.79 Å². The van der Waals surface area contributed by atoms with Crippen LogP contribution in [0.1, 0.15) is 5.56 Å². The molecule has 4 heteroatoms. The summed E-state index contributed by atoms with van der Waals surface area (Å²) in [6, 6.07) is 14.0. The Labute approximate surface area is 111 Å². The Kier molecular flexibility index (Phi) is 4.03. The molecule has 0 spiro atoms. The number of benzene rings is 2. The number of para-hydroxylation sites is 2. The van der Waals surface area contributed by atoms with Gasteiger partial charge in [0, 0.05) is 0 Å². The maximum atomic E-state index is 11.9. The van der Waals surface area contributed by atoms with E-state index in [2.05, 4.69) is 5.32 Å². The van der Waals surface area contributed by atoms with Crippen LogP contribution in [0, 0.1) is 0 Å². The van der Waals surface area contributed by atoms with Gasteiger partial charge in [-0.25, -0.2) is 0 Å². The molecule has 0 aliphatic carbocycles. The molecule has 0 bridgehead atoms. The molecule has 2 N–H and O–H groups in total. The summed E-state index contributed by atoms with van der Waals surface area (Å²) in [5.74, 6) is 0.587. The maximum Gasteiger partial charge on any atom is 0.228 e. The van der Waals surface area contributed by atoms with Gasteiger partial charge in [-0.2, -0.15) is 0 Å². The molecule has 0 atom stereocenters. The fourth-order valence-electron chi connectivity index (χ4n) is 1.74. The first-order chi connectivity index (χ1) is 9.19. The topological polar surface area (TPSA) is 58.6 Å². The largest absolute Gasteiger partial charge is 0.506 e. The summed E-state index contributed by atoms with van der Waals surface area (Å²) in [4.78, 5) is 11.9. The van der Waals surface area contributed by atoms with Crippen molar-refractivity contribution in [3.05, 3.63) is 54.1 Å². The second-order valence-corrected chi connectivity index (χ2v) is 4.09. The molecule has 0 fully saturated rings. The molecule has 4 nitrogen and oxygen atoms in total. The molecule has 2 aromatic carbocycles. The van der Waals surface area contributed by atoms with Crippen LogP contribution in [-0.2, 0) is 11.2 Å². The summed E-state index contributed by atoms with van der Waals surface area (Å²) < 4.78 is 5.10. The van der Waals surface area contributed by atoms with E-state index in [0.717, 1.165) is 5.56 Å². The van der Waals surface area contributed by atoms with Crippen LogP contribution in [0.25, 0.3) is 0 Å². The number of rotatable bonds is 4. The smallest absolute Gasteiger partial charge is 0.228 e. The summed E-state index contributed by atoms with van der Waals surface area (Å²) in [7, 11) is 1.58. The molecule has 0 saturated carbocycles. The van der Waals surface area contributed by atoms with Gasteiger partial charge in [0.1, 0.15) is 11.5 Å². The molecular weight excluding hydrogens is 242 g/mol. The molecule has 98 valence electrons. The minimum absolute atomic E-state index is 0.0569. The third kappa shape index (κ3) is 3.48. The SMILES string of the molecule is COc1cccc(CC(=O)Nc2ccccc2O)c1. The highest BCUT2D eigenvalue weighted by atomic mass is 16.5. The number of phenols is 1. The van der Waals surface area contributed by atoms with E-state index in [1.54, 1.807) is 25.3 Å². The van der Waals surface area contributed by atoms with Crippen molar-refractivity contribution in [1.82, 2.24) is 0 Å². The lowest BCUT2D eigenvalue weighted by Crippen LogP contribution is -2.14. The lowest BCUT2D eigenvalue weighted by Gasteiger charge is -2.07. The quantitative estimate of drug-likeness (QED) is 0.828. The van der Waals surface area contributed by atoms with Crippen molar-refractivity contribution in [2.24, 2.45) is 0 Å². The van der Waals surface area contributed by atoms with E-state index >= 15 is 0 Å². The van der Waals surface area contributed by atoms with Crippen LogP contribution in [0.15, 0.2) is 48.5 Å². The zero-order chi connectivity index (χ0) is 13.7. The Bertz CT molecular complexity index is 581. The Morgan fingerprint density at radius 1 is 1.21 bits per heavy atom. The van der Waals surface area contributed by atoms with Crippen LogP contribution in [0.5, 0.6) is 11.5 Å². The molecule has 0 aliphatic heterocycles. The Morgan fingerprint density at radius 3 is 2.74 bits per heavy atom. The highest BCUT2D eigenvalue weighted by Gasteiger charge is 2.07. The number of nitrogens with one attached hydrogen (secondary N) is 1. The predicted octanol–water partition coefficient (Wildman–Crippen LogP) is 2.58. The zero-order valence-electron chi connectivity index (χ0n) is 10.6. The molecule has 0 radical (unpaired) electrons. The molecule has 0 heterocycles. The lowest BCUT2D eigenvalue weighted by molar-refractivity contribution is -0.115. The predicted molar refractivity (Wildman–Crippen MR) is 73.4 cm³/mol. The van der Waals surface area contributed by atoms with Crippen molar-refractivity contribution < 1.29 is 14.6 Å². The van der Waals surface area contributed by atoms with Gasteiger partial charge in [0.05, 0.1) is 19.2 Å². The van der Waals surface area contributed by atoms with Crippen LogP contribution >= 0.6 is 0 Å². The van der Waals surface area contributed by atoms with Gasteiger partial charge in [-0.15, -0.1) is 0 Å². The maximum absolute atomic E-state index is 11.9. The highest BCUT2D eigenvalue weighted by Crippen LogP contribution is 2.22. The van der Waals surface area contributed by atoms with Gasteiger partial charge in [0.2, 0.25) is 5.91 Å². The Balaban J connectivity index is 2.03. The van der Waals surface area contributed by atoms with Crippen molar-refractivity contribution >= 4 is 11.6 Å². The second kappa shape index (κ2) is 5.91. The molecule has 0 saturated heterocycles. The molecule has 2 rings (SSSR count). The number of carbonyl (C=O) groups is 1. The van der Waals surface area contributed by atoms with Crippen molar-refractivity contribution in [2.45, 2.75) is 6.42 Å². The summed E-state index contributed by atoms with van der Waals surface area (Å²) >= 11 is 0. The fraction of sp³-hybridized carbons (Fsp3) is 0.133. The van der Waals surface area contributed by atoms with E-state index in [-0.39, 0.29) is 18.1 Å². The highest BCUT2D eigenvalue weighted by molar-refractivity contribution is 5.93. The summed E-state index contributed by atoms with van der Waals surface area (Å²) in [5.41, 5.74) is 1.27. The summed E-state index contributed by atoms with van der Waals surface area (Å²) in [5, 5.41) is 12.2. The van der Waals surface area contributed by atoms with E-state index in [1.807, 2.05) is 24.3 Å². The van der Waals surface area contributed by atoms with Gasteiger partial charge in [-0.1, -0.05) is 24.3 Å². The third-order valence-electron chi connectivity index (χ3n) is 2.68. The van der Waals surface area contributed by atoms with E-state index in [9.17, 15) is 9.90 Å². The standard InChI is InChI=1S/C15H15NO3/c1-19-12-6-4-5-11(9-12)10-15(18)16-13-7-2-3-8-14(13)17/h2-9,17H,10H2,1H3,(H,16,18). The molecule has 2 aromatic rings. The number of anilines is 1. The number of ether oxygens (including phenoxy) is 1. The second-order valence-electron chi connectivity index (χ2n) is 4.09. The normalized spacial score (nSPS) is 9.95. The first kappa shape index (κ1) is 13.0. The van der Waals surface area contributed by atoms with Crippen molar-refractivity contribution in [3.8, 4) is 11.5 Å². The molecule has 19 heavy (non-hydrogen) atoms. The number of phenolic OH excluding ortho intramolecular Hbond substituents is 1. The van der Waals surface area contributed by atoms with Gasteiger partial charge in [0.25, 0.3) is 0 Å². The van der Waals surface area contributed by atoms with Crippen LogP contribution in [0.3, 0.4) is 0 Å². The van der Waals surface area contributed by atoms with Crippen LogP contribution in [-0.4, -0.2) is 18.1 Å². The minimum atomic E-state index is -0.185. The number of aromatic hydroxyl groups is 1. The van der Waals surface area contributed by atoms with Crippen molar-refractivity contribution in [1.29, 1.82) is 0 Å². The van der Waals surface area contributed by atoms with Crippen molar-refractivity contribution in [3.63, 3.8) is 0 Å². The summed E-state index contributed by atoms with van der Waals surface area (Å²) in [6.45, 7) is 0. The molecule has 0 aromatic heterocycles. The Hall–Kier alpha value is -2.49. The zero-order valence-corrected chi connectivity index (χ0v) is 10.6. The number of methoxy groups -OCH3 is 1. The van der Waals surface area contributed by atoms with Gasteiger partial charge >= 0.3 is 0 Å². The van der Waals surface area contributed by atoms with E-state index in [1.165, 1.54) is 6.07 Å². The fourth-order valence-corrected chi connectivity index (χ4v) is 1.74. The van der Waals surface area contributed by atoms with E-state index in [4.69, 9.17) is 4.74 Å². The average molecular weight is 257 g/mol. The van der Waals surface area contributed by atoms with Crippen LogP contribution < -0.4 is 10.1 Å². The van der Waals surface area contributed by atoms with E-state index < -0.39 is 0 Å². The van der Waals surface area contributed by atoms with Gasteiger partial charge < -0.3 is 15.2 Å². The first-order valence-corrected chi connectivity index (χ1v) is 5.90. The summed E-state index contributed by atoms with van der Waals surface area (Å²) in [6.07, 6.45) is 0.228. The lowest BCUT2D eigenvalue weighted by atomic mass is 10.1. The van der Waals surface area contributed by atoms with Crippen molar-refractivity contribution in [2.75, 3.05) is 12.4 Å². The number of hydrogen-bond donors (Lipinski definition) is 2. The van der Waals surface area contributed by atoms with Crippen LogP contribution in [0.4, 0.5) is 5.69 Å². The van der Waals surface area contributed by atoms with Gasteiger partial charge in [0.15, 0.2) is 0 Å². The third-order valence-corrected chi connectivity index (χ3v) is 2.68. The average Bonchev–Trinajstić information content (AvgIpc) is 2.41. The minimum Gasteiger partial charge on any atom is -0.506 e. The first-order valence-electron chi connectivity index (χ1n) is 5.90. The number of hydrogen-bond acceptors (Lipinski definition) is 3. The molecular formula is C15H15NO3. The van der Waals surface area contributed by atoms with Gasteiger partial charge in [-0.05, 0) is 29.8 Å². The molecule has 0 aliphatic rings. The Morgan fingerprint density at radius 2 is 2.00 bits per heavy atom. The van der Waals surface area contributed by atoms with Crippen LogP contribution in [0.2, 0.25) is 0 Å². The monoisotopic (exact) mass is 257 g/mol. The molecule has 1 amide bonds. The van der Waals surface area contributed by atoms with E-state index in [0.29, 0.717) is 11.4 Å². The number of amides is 1.